The Kier molecular flexibility index (Phi) is 5.51. The van der Waals surface area contributed by atoms with E-state index in [2.05, 4.69) is 26.3 Å². The third kappa shape index (κ3) is 3.66. The summed E-state index contributed by atoms with van der Waals surface area (Å²) in [4.78, 5) is 38.3. The van der Waals surface area contributed by atoms with E-state index in [1.807, 2.05) is 0 Å². The highest BCUT2D eigenvalue weighted by molar-refractivity contribution is 9.10. The Bertz CT molecular complexity index is 1310. The molecule has 0 saturated carbocycles. The van der Waals surface area contributed by atoms with Gasteiger partial charge in [0.05, 0.1) is 17.7 Å². The molecular weight excluding hydrogens is 474 g/mol. The molecule has 10 heteroatoms. The van der Waals surface area contributed by atoms with Crippen LogP contribution in [0.5, 0.6) is 0 Å². The summed E-state index contributed by atoms with van der Waals surface area (Å²) < 4.78 is 11.9. The van der Waals surface area contributed by atoms with E-state index in [0.717, 1.165) is 16.0 Å². The Labute approximate surface area is 182 Å². The molecule has 3 aromatic heterocycles. The Balaban J connectivity index is 1.89. The van der Waals surface area contributed by atoms with Crippen molar-refractivity contribution < 1.29 is 18.7 Å². The maximum Gasteiger partial charge on any atom is 0.359 e. The number of aromatic nitrogens is 2. The van der Waals surface area contributed by atoms with Crippen LogP contribution in [0.3, 0.4) is 0 Å². The van der Waals surface area contributed by atoms with Crippen LogP contribution in [0.25, 0.3) is 16.5 Å². The molecule has 0 radical (unpaired) electrons. The number of nitrogens with one attached hydrogen (secondary N) is 1. The lowest BCUT2D eigenvalue weighted by Gasteiger charge is -2.09. The molecule has 4 rings (SSSR count). The van der Waals surface area contributed by atoms with Gasteiger partial charge in [-0.3, -0.25) is 9.59 Å². The molecule has 1 N–H and O–H groups in total. The Morgan fingerprint density at radius 2 is 2.00 bits per heavy atom. The molecule has 8 nitrogen and oxygen atoms in total. The first-order valence-corrected chi connectivity index (χ1v) is 10.5. The summed E-state index contributed by atoms with van der Waals surface area (Å²) in [5, 5.41) is 9.28. The van der Waals surface area contributed by atoms with Crippen molar-refractivity contribution in [2.45, 2.75) is 6.92 Å². The minimum Gasteiger partial charge on any atom is -0.461 e. The molecular formula is C20H14BrN3O5S. The number of carbonyl (C=O) groups is 2. The number of furan rings is 1. The Hall–Kier alpha value is -3.24. The maximum atomic E-state index is 13.2. The predicted molar refractivity (Wildman–Crippen MR) is 116 cm³/mol. The Morgan fingerprint density at radius 3 is 2.67 bits per heavy atom. The highest BCUT2D eigenvalue weighted by Gasteiger charge is 2.23. The second kappa shape index (κ2) is 8.25. The molecule has 0 aliphatic rings. The molecule has 4 aromatic rings. The molecule has 3 heterocycles. The van der Waals surface area contributed by atoms with Crippen molar-refractivity contribution in [3.63, 3.8) is 0 Å². The van der Waals surface area contributed by atoms with Crippen LogP contribution in [0.2, 0.25) is 0 Å². The van der Waals surface area contributed by atoms with Gasteiger partial charge in [-0.15, -0.1) is 11.3 Å². The van der Waals surface area contributed by atoms with Gasteiger partial charge in [0, 0.05) is 10.8 Å². The van der Waals surface area contributed by atoms with Crippen LogP contribution < -0.4 is 10.9 Å². The van der Waals surface area contributed by atoms with Gasteiger partial charge in [0.25, 0.3) is 11.5 Å². The minimum absolute atomic E-state index is 0.00667. The van der Waals surface area contributed by atoms with E-state index in [0.29, 0.717) is 15.7 Å². The number of esters is 1. The number of anilines is 1. The molecule has 0 aliphatic carbocycles. The van der Waals surface area contributed by atoms with Gasteiger partial charge in [-0.2, -0.15) is 9.78 Å². The summed E-state index contributed by atoms with van der Waals surface area (Å²) in [5.41, 5.74) is 0.00242. The van der Waals surface area contributed by atoms with Crippen molar-refractivity contribution in [1.82, 2.24) is 9.78 Å². The van der Waals surface area contributed by atoms with Crippen molar-refractivity contribution in [3.05, 3.63) is 74.3 Å². The molecule has 0 unspecified atom stereocenters. The molecule has 1 aromatic carbocycles. The monoisotopic (exact) mass is 487 g/mol. The van der Waals surface area contributed by atoms with Gasteiger partial charge >= 0.3 is 5.97 Å². The van der Waals surface area contributed by atoms with E-state index in [4.69, 9.17) is 9.15 Å². The number of nitrogens with zero attached hydrogens (tertiary/aromatic N) is 2. The second-order valence-electron chi connectivity index (χ2n) is 6.03. The average Bonchev–Trinajstić information content (AvgIpc) is 3.36. The zero-order valence-electron chi connectivity index (χ0n) is 15.5. The SMILES string of the molecule is CCOC(=O)c1nn(-c2ccccc2)c(=O)c2c(NC(=O)c3ccc(Br)o3)scc12. The van der Waals surface area contributed by atoms with Crippen LogP contribution in [0.1, 0.15) is 28.0 Å². The molecule has 0 fully saturated rings. The van der Waals surface area contributed by atoms with E-state index in [-0.39, 0.29) is 28.4 Å². The molecule has 30 heavy (non-hydrogen) atoms. The fourth-order valence-corrected chi connectivity index (χ4v) is 4.08. The topological polar surface area (TPSA) is 103 Å². The maximum absolute atomic E-state index is 13.2. The van der Waals surface area contributed by atoms with Crippen LogP contribution in [0, 0.1) is 0 Å². The molecule has 0 atom stereocenters. The van der Waals surface area contributed by atoms with Crippen LogP contribution in [-0.4, -0.2) is 28.3 Å². The van der Waals surface area contributed by atoms with Gasteiger partial charge in [-0.05, 0) is 47.1 Å². The lowest BCUT2D eigenvalue weighted by molar-refractivity contribution is 0.0520. The fourth-order valence-electron chi connectivity index (χ4n) is 2.84. The minimum atomic E-state index is -0.655. The number of halogens is 1. The van der Waals surface area contributed by atoms with E-state index in [9.17, 15) is 14.4 Å². The number of benzene rings is 1. The van der Waals surface area contributed by atoms with Crippen LogP contribution in [0.15, 0.2) is 61.7 Å². The highest BCUT2D eigenvalue weighted by atomic mass is 79.9. The molecule has 0 spiro atoms. The normalized spacial score (nSPS) is 10.9. The van der Waals surface area contributed by atoms with Crippen molar-refractivity contribution in [3.8, 4) is 5.69 Å². The number of thiophene rings is 1. The van der Waals surface area contributed by atoms with E-state index in [1.54, 1.807) is 48.7 Å². The summed E-state index contributed by atoms with van der Waals surface area (Å²) in [6.45, 7) is 1.84. The number of fused-ring (bicyclic) bond motifs is 1. The van der Waals surface area contributed by atoms with E-state index >= 15 is 0 Å². The van der Waals surface area contributed by atoms with Gasteiger partial charge in [0.1, 0.15) is 5.00 Å². The lowest BCUT2D eigenvalue weighted by Crippen LogP contribution is -2.25. The standard InChI is InChI=1S/C20H14BrN3O5S/c1-2-28-20(27)16-12-10-30-18(22-17(25)13-8-9-14(21)29-13)15(12)19(26)24(23-16)11-6-4-3-5-7-11/h3-10H,2H2,1H3,(H,22,25). The molecule has 152 valence electrons. The summed E-state index contributed by atoms with van der Waals surface area (Å²) >= 11 is 4.26. The number of amides is 1. The first-order chi connectivity index (χ1) is 14.5. The Morgan fingerprint density at radius 1 is 1.23 bits per heavy atom. The number of rotatable bonds is 5. The largest absolute Gasteiger partial charge is 0.461 e. The zero-order chi connectivity index (χ0) is 21.3. The number of ether oxygens (including phenoxy) is 1. The second-order valence-corrected chi connectivity index (χ2v) is 7.69. The molecule has 0 aliphatic heterocycles. The molecule has 0 saturated heterocycles. The van der Waals surface area contributed by atoms with Crippen LogP contribution in [0.4, 0.5) is 5.00 Å². The van der Waals surface area contributed by atoms with Crippen molar-refractivity contribution in [2.75, 3.05) is 11.9 Å². The zero-order valence-corrected chi connectivity index (χ0v) is 18.0. The van der Waals surface area contributed by atoms with E-state index in [1.165, 1.54) is 6.07 Å². The number of carbonyl (C=O) groups excluding carboxylic acids is 2. The quantitative estimate of drug-likeness (QED) is 0.422. The van der Waals surface area contributed by atoms with Crippen molar-refractivity contribution in [1.29, 1.82) is 0 Å². The van der Waals surface area contributed by atoms with E-state index < -0.39 is 17.4 Å². The predicted octanol–water partition coefficient (Wildman–Crippen LogP) is 4.23. The summed E-state index contributed by atoms with van der Waals surface area (Å²) in [6.07, 6.45) is 0. The first kappa shape index (κ1) is 20.0. The van der Waals surface area contributed by atoms with Gasteiger partial charge < -0.3 is 14.5 Å². The third-order valence-corrected chi connectivity index (χ3v) is 5.47. The number of hydrogen-bond donors (Lipinski definition) is 1. The molecule has 0 bridgehead atoms. The van der Waals surface area contributed by atoms with Gasteiger partial charge in [0.2, 0.25) is 0 Å². The molecule has 1 amide bonds. The van der Waals surface area contributed by atoms with Gasteiger partial charge in [0.15, 0.2) is 16.1 Å². The summed E-state index contributed by atoms with van der Waals surface area (Å²) in [5.74, 6) is -1.10. The highest BCUT2D eigenvalue weighted by Crippen LogP contribution is 2.31. The van der Waals surface area contributed by atoms with Crippen molar-refractivity contribution in [2.24, 2.45) is 0 Å². The summed E-state index contributed by atoms with van der Waals surface area (Å²) in [6, 6.07) is 11.8. The first-order valence-electron chi connectivity index (χ1n) is 8.83. The lowest BCUT2D eigenvalue weighted by atomic mass is 10.2. The van der Waals surface area contributed by atoms with Gasteiger partial charge in [-0.1, -0.05) is 18.2 Å². The number of para-hydroxylation sites is 1. The smallest absolute Gasteiger partial charge is 0.359 e. The van der Waals surface area contributed by atoms with Crippen molar-refractivity contribution >= 4 is 54.9 Å². The number of hydrogen-bond acceptors (Lipinski definition) is 7. The van der Waals surface area contributed by atoms with Crippen LogP contribution >= 0.6 is 27.3 Å². The fraction of sp³-hybridized carbons (Fsp3) is 0.100. The average molecular weight is 488 g/mol. The van der Waals surface area contributed by atoms with Crippen LogP contribution in [-0.2, 0) is 4.74 Å². The third-order valence-electron chi connectivity index (χ3n) is 4.15. The van der Waals surface area contributed by atoms with Gasteiger partial charge in [-0.25, -0.2) is 4.79 Å². The summed E-state index contributed by atoms with van der Waals surface area (Å²) in [7, 11) is 0.